The number of aromatic nitrogens is 3. The first-order chi connectivity index (χ1) is 7.68. The van der Waals surface area contributed by atoms with Gasteiger partial charge in [0.25, 0.3) is 0 Å². The van der Waals surface area contributed by atoms with E-state index in [0.717, 1.165) is 24.7 Å². The van der Waals surface area contributed by atoms with Crippen molar-refractivity contribution in [3.8, 4) is 0 Å². The minimum atomic E-state index is 0.562. The highest BCUT2D eigenvalue weighted by Crippen LogP contribution is 2.08. The van der Waals surface area contributed by atoms with Gasteiger partial charge in [0.05, 0.1) is 0 Å². The number of hydrogen-bond donors (Lipinski definition) is 2. The molecule has 1 atom stereocenters. The molecule has 0 aromatic carbocycles. The average Bonchev–Trinajstić information content (AvgIpc) is 2.70. The molecule has 0 spiro atoms. The summed E-state index contributed by atoms with van der Waals surface area (Å²) in [5, 5.41) is 10.2. The van der Waals surface area contributed by atoms with Gasteiger partial charge in [-0.25, -0.2) is 4.98 Å². The molecule has 92 valence electrons. The van der Waals surface area contributed by atoms with Crippen LogP contribution in [0.15, 0.2) is 6.33 Å². The topological polar surface area (TPSA) is 53.6 Å². The van der Waals surface area contributed by atoms with E-state index in [1.54, 1.807) is 6.33 Å². The molecule has 1 aromatic rings. The fourth-order valence-corrected chi connectivity index (χ4v) is 2.41. The minimum Gasteiger partial charge on any atom is -0.313 e. The Labute approximate surface area is 102 Å². The number of aromatic amines is 1. The molecule has 0 bridgehead atoms. The van der Waals surface area contributed by atoms with Gasteiger partial charge in [0, 0.05) is 24.8 Å². The van der Waals surface area contributed by atoms with Crippen LogP contribution in [0, 0.1) is 5.92 Å². The predicted molar refractivity (Wildman–Crippen MR) is 69.7 cm³/mol. The SMILES string of the molecule is CC(C)CSCC(C)NCCc1ncn[nH]1. The lowest BCUT2D eigenvalue weighted by Gasteiger charge is -2.13. The fourth-order valence-electron chi connectivity index (χ4n) is 1.33. The van der Waals surface area contributed by atoms with E-state index < -0.39 is 0 Å². The summed E-state index contributed by atoms with van der Waals surface area (Å²) in [5.74, 6) is 4.16. The van der Waals surface area contributed by atoms with Crippen LogP contribution in [-0.4, -0.2) is 39.3 Å². The fraction of sp³-hybridized carbons (Fsp3) is 0.818. The van der Waals surface area contributed by atoms with Crippen molar-refractivity contribution < 1.29 is 0 Å². The summed E-state index contributed by atoms with van der Waals surface area (Å²) in [6.07, 6.45) is 2.47. The molecule has 1 heterocycles. The molecule has 1 aromatic heterocycles. The molecular weight excluding hydrogens is 220 g/mol. The van der Waals surface area contributed by atoms with Gasteiger partial charge >= 0.3 is 0 Å². The molecule has 0 amide bonds. The van der Waals surface area contributed by atoms with Gasteiger partial charge in [-0.1, -0.05) is 13.8 Å². The van der Waals surface area contributed by atoms with Crippen molar-refractivity contribution in [3.05, 3.63) is 12.2 Å². The summed E-state index contributed by atoms with van der Waals surface area (Å²) in [7, 11) is 0. The Hall–Kier alpha value is -0.550. The Morgan fingerprint density at radius 2 is 2.19 bits per heavy atom. The molecule has 0 aliphatic rings. The Bertz CT molecular complexity index is 261. The van der Waals surface area contributed by atoms with Crippen LogP contribution in [0.25, 0.3) is 0 Å². The third-order valence-corrected chi connectivity index (χ3v) is 3.78. The lowest BCUT2D eigenvalue weighted by molar-refractivity contribution is 0.589. The normalized spacial score (nSPS) is 13.2. The summed E-state index contributed by atoms with van der Waals surface area (Å²) in [6, 6.07) is 0.562. The van der Waals surface area contributed by atoms with E-state index in [1.165, 1.54) is 11.5 Å². The number of hydrogen-bond acceptors (Lipinski definition) is 4. The highest BCUT2D eigenvalue weighted by atomic mass is 32.2. The molecule has 16 heavy (non-hydrogen) atoms. The van der Waals surface area contributed by atoms with Crippen LogP contribution in [0.3, 0.4) is 0 Å². The quantitative estimate of drug-likeness (QED) is 0.729. The molecule has 5 heteroatoms. The van der Waals surface area contributed by atoms with Crippen LogP contribution < -0.4 is 5.32 Å². The molecule has 1 unspecified atom stereocenters. The molecule has 0 fully saturated rings. The van der Waals surface area contributed by atoms with Crippen LogP contribution in [0.5, 0.6) is 0 Å². The summed E-state index contributed by atoms with van der Waals surface area (Å²) in [6.45, 7) is 7.70. The maximum Gasteiger partial charge on any atom is 0.137 e. The summed E-state index contributed by atoms with van der Waals surface area (Å²) in [4.78, 5) is 4.09. The highest BCUT2D eigenvalue weighted by molar-refractivity contribution is 7.99. The van der Waals surface area contributed by atoms with E-state index in [9.17, 15) is 0 Å². The van der Waals surface area contributed by atoms with Crippen molar-refractivity contribution in [1.82, 2.24) is 20.5 Å². The van der Waals surface area contributed by atoms with Crippen molar-refractivity contribution in [2.75, 3.05) is 18.1 Å². The largest absolute Gasteiger partial charge is 0.313 e. The average molecular weight is 242 g/mol. The van der Waals surface area contributed by atoms with Crippen molar-refractivity contribution in [2.24, 2.45) is 5.92 Å². The van der Waals surface area contributed by atoms with E-state index in [-0.39, 0.29) is 0 Å². The van der Waals surface area contributed by atoms with Gasteiger partial charge in [0.2, 0.25) is 0 Å². The Morgan fingerprint density at radius 1 is 1.38 bits per heavy atom. The van der Waals surface area contributed by atoms with E-state index in [1.807, 2.05) is 11.8 Å². The lowest BCUT2D eigenvalue weighted by atomic mass is 10.3. The molecular formula is C11H22N4S. The van der Waals surface area contributed by atoms with Gasteiger partial charge in [0.15, 0.2) is 0 Å². The zero-order chi connectivity index (χ0) is 11.8. The van der Waals surface area contributed by atoms with Crippen LogP contribution in [0.1, 0.15) is 26.6 Å². The summed E-state index contributed by atoms with van der Waals surface area (Å²) >= 11 is 2.02. The zero-order valence-corrected chi connectivity index (χ0v) is 11.2. The smallest absolute Gasteiger partial charge is 0.137 e. The summed E-state index contributed by atoms with van der Waals surface area (Å²) < 4.78 is 0. The standard InChI is InChI=1S/C11H22N4S/c1-9(2)6-16-7-10(3)12-5-4-11-13-8-14-15-11/h8-10,12H,4-7H2,1-3H3,(H,13,14,15). The Morgan fingerprint density at radius 3 is 2.81 bits per heavy atom. The Kier molecular flexibility index (Phi) is 6.49. The van der Waals surface area contributed by atoms with Crippen molar-refractivity contribution in [1.29, 1.82) is 0 Å². The number of H-pyrrole nitrogens is 1. The molecule has 0 aliphatic carbocycles. The second-order valence-corrected chi connectivity index (χ2v) is 5.54. The van der Waals surface area contributed by atoms with Crippen LogP contribution in [0.2, 0.25) is 0 Å². The minimum absolute atomic E-state index is 0.562. The second kappa shape index (κ2) is 7.68. The maximum atomic E-state index is 4.09. The molecule has 1 rings (SSSR count). The molecule has 0 radical (unpaired) electrons. The third kappa shape index (κ3) is 6.12. The monoisotopic (exact) mass is 242 g/mol. The maximum absolute atomic E-state index is 4.09. The Balaban J connectivity index is 2.00. The van der Waals surface area contributed by atoms with Crippen molar-refractivity contribution in [2.45, 2.75) is 33.2 Å². The molecule has 4 nitrogen and oxygen atoms in total. The van der Waals surface area contributed by atoms with Crippen LogP contribution >= 0.6 is 11.8 Å². The molecule has 2 N–H and O–H groups in total. The van der Waals surface area contributed by atoms with Crippen molar-refractivity contribution in [3.63, 3.8) is 0 Å². The predicted octanol–water partition coefficient (Wildman–Crippen LogP) is 1.71. The van der Waals surface area contributed by atoms with E-state index in [4.69, 9.17) is 0 Å². The van der Waals surface area contributed by atoms with Gasteiger partial charge in [0.1, 0.15) is 12.2 Å². The van der Waals surface area contributed by atoms with Gasteiger partial charge in [-0.15, -0.1) is 0 Å². The zero-order valence-electron chi connectivity index (χ0n) is 10.4. The highest BCUT2D eigenvalue weighted by Gasteiger charge is 2.03. The van der Waals surface area contributed by atoms with Gasteiger partial charge in [-0.3, -0.25) is 5.10 Å². The van der Waals surface area contributed by atoms with Gasteiger partial charge in [-0.2, -0.15) is 16.9 Å². The summed E-state index contributed by atoms with van der Waals surface area (Å²) in [5.41, 5.74) is 0. The molecule has 0 saturated heterocycles. The van der Waals surface area contributed by atoms with Gasteiger partial charge in [-0.05, 0) is 18.6 Å². The molecule has 0 saturated carbocycles. The van der Waals surface area contributed by atoms with E-state index in [2.05, 4.69) is 41.3 Å². The van der Waals surface area contributed by atoms with E-state index in [0.29, 0.717) is 6.04 Å². The number of thioether (sulfide) groups is 1. The van der Waals surface area contributed by atoms with E-state index >= 15 is 0 Å². The first-order valence-electron chi connectivity index (χ1n) is 5.84. The third-order valence-electron chi connectivity index (χ3n) is 2.14. The number of rotatable bonds is 8. The van der Waals surface area contributed by atoms with Crippen LogP contribution in [-0.2, 0) is 6.42 Å². The first kappa shape index (κ1) is 13.5. The second-order valence-electron chi connectivity index (χ2n) is 4.47. The van der Waals surface area contributed by atoms with Crippen LogP contribution in [0.4, 0.5) is 0 Å². The van der Waals surface area contributed by atoms with Crippen molar-refractivity contribution >= 4 is 11.8 Å². The lowest BCUT2D eigenvalue weighted by Crippen LogP contribution is -2.30. The van der Waals surface area contributed by atoms with Gasteiger partial charge < -0.3 is 5.32 Å². The first-order valence-corrected chi connectivity index (χ1v) is 6.99. The number of nitrogens with zero attached hydrogens (tertiary/aromatic N) is 2. The molecule has 0 aliphatic heterocycles. The number of nitrogens with one attached hydrogen (secondary N) is 2.